The van der Waals surface area contributed by atoms with Gasteiger partial charge in [-0.15, -0.1) is 0 Å². The second kappa shape index (κ2) is 7.65. The third-order valence-corrected chi connectivity index (χ3v) is 6.66. The number of carbonyl (C=O) groups is 2. The summed E-state index contributed by atoms with van der Waals surface area (Å²) >= 11 is 0. The summed E-state index contributed by atoms with van der Waals surface area (Å²) in [6.45, 7) is 5.73. The Balaban J connectivity index is 1.65. The van der Waals surface area contributed by atoms with Crippen molar-refractivity contribution < 1.29 is 9.59 Å². The lowest BCUT2D eigenvalue weighted by atomic mass is 9.84. The second-order valence-electron chi connectivity index (χ2n) is 8.97. The average molecular weight is 369 g/mol. The SMILES string of the molecule is CC(C)C[C@H]1C(=O)N2CCc3ccccc3[C@@H]2CN1C(=O)C1CCCCC1. The monoisotopic (exact) mass is 368 g/mol. The predicted molar refractivity (Wildman–Crippen MR) is 106 cm³/mol. The quantitative estimate of drug-likeness (QED) is 0.810. The van der Waals surface area contributed by atoms with E-state index < -0.39 is 0 Å². The molecular weight excluding hydrogens is 336 g/mol. The Hall–Kier alpha value is -1.84. The Kier molecular flexibility index (Phi) is 5.25. The number of fused-ring (bicyclic) bond motifs is 3. The molecule has 2 fully saturated rings. The zero-order valence-corrected chi connectivity index (χ0v) is 16.7. The van der Waals surface area contributed by atoms with Gasteiger partial charge in [-0.05, 0) is 42.7 Å². The van der Waals surface area contributed by atoms with Crippen molar-refractivity contribution in [1.29, 1.82) is 0 Å². The van der Waals surface area contributed by atoms with Crippen LogP contribution in [0, 0.1) is 11.8 Å². The highest BCUT2D eigenvalue weighted by Gasteiger charge is 2.45. The number of hydrogen-bond donors (Lipinski definition) is 0. The van der Waals surface area contributed by atoms with Crippen LogP contribution in [0.4, 0.5) is 0 Å². The van der Waals surface area contributed by atoms with Crippen molar-refractivity contribution in [1.82, 2.24) is 9.80 Å². The van der Waals surface area contributed by atoms with Crippen LogP contribution in [0.1, 0.15) is 69.5 Å². The van der Waals surface area contributed by atoms with E-state index in [9.17, 15) is 9.59 Å². The van der Waals surface area contributed by atoms with Crippen molar-refractivity contribution >= 4 is 11.8 Å². The molecule has 0 N–H and O–H groups in total. The fraction of sp³-hybridized carbons (Fsp3) is 0.652. The molecule has 146 valence electrons. The van der Waals surface area contributed by atoms with Gasteiger partial charge in [0.15, 0.2) is 0 Å². The maximum Gasteiger partial charge on any atom is 0.245 e. The molecule has 2 atom stereocenters. The van der Waals surface area contributed by atoms with Crippen LogP contribution in [0.15, 0.2) is 24.3 Å². The Morgan fingerprint density at radius 3 is 2.63 bits per heavy atom. The van der Waals surface area contributed by atoms with Gasteiger partial charge < -0.3 is 9.80 Å². The molecule has 4 heteroatoms. The molecular formula is C23H32N2O2. The Morgan fingerprint density at radius 1 is 1.15 bits per heavy atom. The Morgan fingerprint density at radius 2 is 1.89 bits per heavy atom. The lowest BCUT2D eigenvalue weighted by Crippen LogP contribution is -2.62. The molecule has 3 aliphatic rings. The van der Waals surface area contributed by atoms with E-state index in [2.05, 4.69) is 43.0 Å². The number of carbonyl (C=O) groups excluding carboxylic acids is 2. The van der Waals surface area contributed by atoms with E-state index in [0.717, 1.165) is 45.1 Å². The van der Waals surface area contributed by atoms with Gasteiger partial charge in [-0.25, -0.2) is 0 Å². The van der Waals surface area contributed by atoms with Crippen LogP contribution >= 0.6 is 0 Å². The minimum absolute atomic E-state index is 0.0263. The highest BCUT2D eigenvalue weighted by atomic mass is 16.2. The van der Waals surface area contributed by atoms with Crippen LogP contribution in [0.25, 0.3) is 0 Å². The molecule has 1 saturated heterocycles. The minimum atomic E-state index is -0.277. The van der Waals surface area contributed by atoms with Crippen molar-refractivity contribution in [3.05, 3.63) is 35.4 Å². The van der Waals surface area contributed by atoms with Gasteiger partial charge in [0.25, 0.3) is 0 Å². The van der Waals surface area contributed by atoms with Crippen molar-refractivity contribution in [2.24, 2.45) is 11.8 Å². The molecule has 1 aromatic carbocycles. The fourth-order valence-electron chi connectivity index (χ4n) is 5.25. The van der Waals surface area contributed by atoms with Crippen LogP contribution in [-0.2, 0) is 16.0 Å². The highest BCUT2D eigenvalue weighted by Crippen LogP contribution is 2.37. The number of amides is 2. The van der Waals surface area contributed by atoms with Crippen LogP contribution in [-0.4, -0.2) is 40.7 Å². The third kappa shape index (κ3) is 3.51. The summed E-state index contributed by atoms with van der Waals surface area (Å²) in [5, 5.41) is 0. The summed E-state index contributed by atoms with van der Waals surface area (Å²) in [6, 6.07) is 8.20. The zero-order valence-electron chi connectivity index (χ0n) is 16.7. The number of hydrogen-bond acceptors (Lipinski definition) is 2. The lowest BCUT2D eigenvalue weighted by molar-refractivity contribution is -0.159. The van der Waals surface area contributed by atoms with Crippen LogP contribution in [0.5, 0.6) is 0 Å². The highest BCUT2D eigenvalue weighted by molar-refractivity contribution is 5.90. The van der Waals surface area contributed by atoms with Gasteiger partial charge in [-0.2, -0.15) is 0 Å². The molecule has 0 aromatic heterocycles. The molecule has 1 saturated carbocycles. The van der Waals surface area contributed by atoms with Crippen molar-refractivity contribution in [2.75, 3.05) is 13.1 Å². The molecule has 4 rings (SSSR count). The predicted octanol–water partition coefficient (Wildman–Crippen LogP) is 3.95. The minimum Gasteiger partial charge on any atom is -0.332 e. The van der Waals surface area contributed by atoms with E-state index in [-0.39, 0.29) is 29.8 Å². The molecule has 0 bridgehead atoms. The first-order chi connectivity index (χ1) is 13.1. The van der Waals surface area contributed by atoms with Crippen molar-refractivity contribution in [2.45, 2.75) is 70.9 Å². The fourth-order valence-corrected chi connectivity index (χ4v) is 5.25. The summed E-state index contributed by atoms with van der Waals surface area (Å²) in [6.07, 6.45) is 7.19. The van der Waals surface area contributed by atoms with E-state index in [1.807, 2.05) is 4.90 Å². The first-order valence-electron chi connectivity index (χ1n) is 10.7. The average Bonchev–Trinajstić information content (AvgIpc) is 2.69. The number of nitrogens with zero attached hydrogens (tertiary/aromatic N) is 2. The van der Waals surface area contributed by atoms with E-state index in [4.69, 9.17) is 0 Å². The van der Waals surface area contributed by atoms with Gasteiger partial charge in [-0.1, -0.05) is 57.4 Å². The van der Waals surface area contributed by atoms with Crippen LogP contribution in [0.3, 0.4) is 0 Å². The van der Waals surface area contributed by atoms with Crippen LogP contribution in [0.2, 0.25) is 0 Å². The van der Waals surface area contributed by atoms with Gasteiger partial charge in [-0.3, -0.25) is 9.59 Å². The lowest BCUT2D eigenvalue weighted by Gasteiger charge is -2.49. The van der Waals surface area contributed by atoms with E-state index >= 15 is 0 Å². The standard InChI is InChI=1S/C23H32N2O2/c1-16(2)14-20-23(27)24-13-12-17-8-6-7-11-19(17)21(24)15-25(20)22(26)18-9-4-3-5-10-18/h6-8,11,16,18,20-21H,3-5,9-10,12-15H2,1-2H3/t20-,21-/m0/s1. The maximum absolute atomic E-state index is 13.4. The third-order valence-electron chi connectivity index (χ3n) is 6.66. The molecule has 4 nitrogen and oxygen atoms in total. The largest absolute Gasteiger partial charge is 0.332 e. The van der Waals surface area contributed by atoms with Gasteiger partial charge in [0.05, 0.1) is 6.04 Å². The maximum atomic E-state index is 13.4. The number of rotatable bonds is 3. The van der Waals surface area contributed by atoms with E-state index in [0.29, 0.717) is 12.5 Å². The Bertz CT molecular complexity index is 708. The number of piperazine rings is 1. The molecule has 0 radical (unpaired) electrons. The normalized spacial score (nSPS) is 26.1. The summed E-state index contributed by atoms with van der Waals surface area (Å²) in [5.41, 5.74) is 2.57. The molecule has 2 aliphatic heterocycles. The van der Waals surface area contributed by atoms with E-state index in [1.54, 1.807) is 0 Å². The molecule has 0 spiro atoms. The number of benzene rings is 1. The van der Waals surface area contributed by atoms with Crippen LogP contribution < -0.4 is 0 Å². The molecule has 1 aromatic rings. The summed E-state index contributed by atoms with van der Waals surface area (Å²) in [5.74, 6) is 0.913. The summed E-state index contributed by atoms with van der Waals surface area (Å²) < 4.78 is 0. The molecule has 2 amide bonds. The molecule has 0 unspecified atom stereocenters. The van der Waals surface area contributed by atoms with Gasteiger partial charge >= 0.3 is 0 Å². The van der Waals surface area contributed by atoms with Gasteiger partial charge in [0.2, 0.25) is 11.8 Å². The summed E-state index contributed by atoms with van der Waals surface area (Å²) in [4.78, 5) is 30.9. The zero-order chi connectivity index (χ0) is 19.0. The molecule has 27 heavy (non-hydrogen) atoms. The smallest absolute Gasteiger partial charge is 0.245 e. The topological polar surface area (TPSA) is 40.6 Å². The second-order valence-corrected chi connectivity index (χ2v) is 8.97. The van der Waals surface area contributed by atoms with Gasteiger partial charge in [0.1, 0.15) is 6.04 Å². The van der Waals surface area contributed by atoms with E-state index in [1.165, 1.54) is 17.5 Å². The first-order valence-corrected chi connectivity index (χ1v) is 10.7. The van der Waals surface area contributed by atoms with Gasteiger partial charge in [0, 0.05) is 19.0 Å². The van der Waals surface area contributed by atoms with Crippen molar-refractivity contribution in [3.8, 4) is 0 Å². The van der Waals surface area contributed by atoms with Crippen molar-refractivity contribution in [3.63, 3.8) is 0 Å². The molecule has 1 aliphatic carbocycles. The Labute approximate surface area is 162 Å². The molecule has 2 heterocycles. The summed E-state index contributed by atoms with van der Waals surface area (Å²) in [7, 11) is 0. The first kappa shape index (κ1) is 18.5.